The Morgan fingerprint density at radius 3 is 2.14 bits per heavy atom. The van der Waals surface area contributed by atoms with Crippen LogP contribution < -0.4 is 26.6 Å². The van der Waals surface area contributed by atoms with Gasteiger partial charge in [-0.3, -0.25) is 33.6 Å². The summed E-state index contributed by atoms with van der Waals surface area (Å²) in [5, 5.41) is 33.4. The Hall–Kier alpha value is -11.1. The first-order chi connectivity index (χ1) is 66.9. The molecule has 754 valence electrons. The number of piperazine rings is 1. The van der Waals surface area contributed by atoms with E-state index in [4.69, 9.17) is 63.9 Å². The fraction of sp³-hybridized carbons (Fsp3) is 0.588. The minimum absolute atomic E-state index is 0.00799. The average Bonchev–Trinajstić information content (AvgIpc) is 1.53. The van der Waals surface area contributed by atoms with Crippen molar-refractivity contribution < 1.29 is 95.9 Å². The van der Waals surface area contributed by atoms with Crippen LogP contribution in [-0.2, 0) is 107 Å². The molecular weight excluding hydrogens is 1780 g/mol. The Balaban J connectivity index is 0.000000300. The van der Waals surface area contributed by atoms with Gasteiger partial charge < -0.3 is 98.9 Å². The van der Waals surface area contributed by atoms with Crippen molar-refractivity contribution in [3.8, 4) is 11.3 Å². The van der Waals surface area contributed by atoms with E-state index in [1.165, 1.54) is 37.0 Å². The molecule has 1 saturated carbocycles. The number of ketones is 4. The third-order valence-corrected chi connectivity index (χ3v) is 27.3. The molecule has 0 spiro atoms. The van der Waals surface area contributed by atoms with Crippen molar-refractivity contribution in [3.05, 3.63) is 143 Å². The Labute approximate surface area is 813 Å². The molecule has 1 aromatic carbocycles. The van der Waals surface area contributed by atoms with E-state index in [9.17, 15) is 48.6 Å². The number of amides is 2. The number of aryl methyl sites for hydroxylation is 1. The van der Waals surface area contributed by atoms with Crippen LogP contribution in [0.2, 0.25) is 0 Å². The smallest absolute Gasteiger partial charge is 0.329 e. The highest BCUT2D eigenvalue weighted by Crippen LogP contribution is 2.40. The Morgan fingerprint density at radius 2 is 1.43 bits per heavy atom. The number of nitrogen functional groups attached to an aromatic ring is 2. The number of nitrogens with zero attached hydrogens (tertiary/aromatic N) is 13. The predicted octanol–water partition coefficient (Wildman–Crippen LogP) is 9.62. The molecule has 4 fully saturated rings. The number of allylic oxidation sites excluding steroid dienone is 6. The molecular formula is C102H141N17O20. The highest BCUT2D eigenvalue weighted by molar-refractivity contribution is 6.39. The number of pyridine rings is 1. The zero-order valence-electron chi connectivity index (χ0n) is 82.4. The lowest BCUT2D eigenvalue weighted by atomic mass is 9.78. The molecule has 8 N–H and O–H groups in total. The van der Waals surface area contributed by atoms with Crippen molar-refractivity contribution in [2.24, 2.45) is 35.5 Å². The number of esters is 2. The maximum Gasteiger partial charge on any atom is 0.329 e. The van der Waals surface area contributed by atoms with E-state index in [2.05, 4.69) is 63.4 Å². The zero-order valence-corrected chi connectivity index (χ0v) is 82.4. The summed E-state index contributed by atoms with van der Waals surface area (Å²) in [4.78, 5) is 152. The summed E-state index contributed by atoms with van der Waals surface area (Å²) in [6.07, 6.45) is 21.8. The van der Waals surface area contributed by atoms with Crippen molar-refractivity contribution in [3.63, 3.8) is 0 Å². The van der Waals surface area contributed by atoms with Crippen LogP contribution in [0.4, 0.5) is 23.5 Å². The Bertz CT molecular complexity index is 5430. The fourth-order valence-corrected chi connectivity index (χ4v) is 19.0. The van der Waals surface area contributed by atoms with Crippen molar-refractivity contribution >= 4 is 92.5 Å². The summed E-state index contributed by atoms with van der Waals surface area (Å²) >= 11 is 0. The monoisotopic (exact) mass is 1920 g/mol. The number of hydrogen-bond donors (Lipinski definition) is 6. The summed E-state index contributed by atoms with van der Waals surface area (Å²) in [7, 11) is 6.40. The van der Waals surface area contributed by atoms with E-state index in [1.807, 2.05) is 95.9 Å². The maximum atomic E-state index is 14.7. The van der Waals surface area contributed by atoms with Gasteiger partial charge in [0.1, 0.15) is 65.5 Å². The van der Waals surface area contributed by atoms with E-state index >= 15 is 0 Å². The Kier molecular flexibility index (Phi) is 39.8. The topological polar surface area (TPSA) is 470 Å². The van der Waals surface area contributed by atoms with Crippen molar-refractivity contribution in [1.29, 1.82) is 0 Å². The predicted molar refractivity (Wildman–Crippen MR) is 522 cm³/mol. The minimum Gasteiger partial charge on any atom is -0.460 e. The number of carbonyl (C=O) groups excluding carboxylic acids is 8. The second-order valence-electron chi connectivity index (χ2n) is 37.5. The van der Waals surface area contributed by atoms with Crippen LogP contribution >= 0.6 is 0 Å². The highest BCUT2D eigenvalue weighted by atomic mass is 16.6. The number of piperidine rings is 1. The second kappa shape index (κ2) is 51.9. The number of carbonyl (C=O) groups is 8. The van der Waals surface area contributed by atoms with Gasteiger partial charge in [0, 0.05) is 153 Å². The van der Waals surface area contributed by atoms with Crippen molar-refractivity contribution in [2.45, 2.75) is 226 Å². The Morgan fingerprint density at radius 1 is 0.712 bits per heavy atom. The molecule has 6 aliphatic rings. The number of nitrogens with two attached hydrogens (primary N) is 2. The molecule has 1 aliphatic carbocycles. The first-order valence-electron chi connectivity index (χ1n) is 48.8. The quantitative estimate of drug-likeness (QED) is 0.00773. The highest BCUT2D eigenvalue weighted by Gasteiger charge is 2.53. The SMILES string of the molecule is CNCCOCCOCCOCCOCCC(=O)N1CCc2cc(Cn3nc(-c4cnc5[nH]ccc5c4)c4c(N)ncnc43)ccc2C1.CO[C@H]1C[C@@H]2CC[C@@H](C)[C@@](O)(O2)C(=O)C(=O)N2CCCC[C@H]2C(=O)O[C@H]([C@H](C)C[C@@H]2CC[C@@H](OC(=O)CCc3cnc(N4CCN(c5ncc(C(C)=O)c(N)n5)CC4)nc3)[C@H](OC)C2)CC(=O)[C@H](C)/C=C(\C)[C@@H](O)[C@@H](OC)C(=O)[C@H](C)C[C@H](C)/C=C/C=C/C=C/1C. The summed E-state index contributed by atoms with van der Waals surface area (Å²) < 4.78 is 60.0. The van der Waals surface area contributed by atoms with Gasteiger partial charge in [-0.05, 0) is 168 Å². The van der Waals surface area contributed by atoms with Gasteiger partial charge in [0.25, 0.3) is 11.7 Å². The van der Waals surface area contributed by atoms with Crippen LogP contribution in [0, 0.1) is 35.5 Å². The number of anilines is 4. The van der Waals surface area contributed by atoms with Gasteiger partial charge >= 0.3 is 11.9 Å². The van der Waals surface area contributed by atoms with Gasteiger partial charge in [0.2, 0.25) is 23.6 Å². The standard InChI is InChI=1S/C68H98N8O15.C34H43N9O5/c1-40-17-13-12-14-18-41(2)55(86-9)35-50-23-20-46(7)68(85,91-50)62(82)64(83)76-26-16-15-19-52(76)65(84)90-56(36-53(78)42(3)32-45(6)60(81)61(88-11)59(80)44(5)31-40)43(4)33-48-21-24-54(57(34-48)87-10)89-58(79)25-22-49-37-70-66(71-38-49)74-27-29-75(30-28-74)67-72-39-51(47(8)77)63(69)73-67;1-36-8-11-46-13-15-48-17-16-47-14-12-45-10-6-29(44)42-9-5-25-18-24(2-3-27(25)22-42)21-43-34-30(32(35)39-23-40-34)31(41-43)28-19-26-4-7-37-33(26)38-20-28/h12-14,17-18,32,37-40,42-44,46,48,50,52,54-57,60-61,81,85H,15-16,19-31,33-36H2,1-11H3,(H2,69,72,73);2-4,7,18-20,23,36H,5-6,8-17,21-22H2,1H3,(H,37,38)(H2,35,39,40)/b14-12+,17-13+,41-18+,45-32+;/t40-,42-,43-,44-,46-,48+,50+,52+,54-,55+,56+,57-,60-,61+,68-;/m1./s1. The molecule has 37 nitrogen and oxygen atoms in total. The molecule has 15 atom stereocenters. The molecule has 139 heavy (non-hydrogen) atoms. The number of aromatic nitrogens is 10. The summed E-state index contributed by atoms with van der Waals surface area (Å²) in [6.45, 7) is 23.1. The van der Waals surface area contributed by atoms with Crippen LogP contribution in [-0.4, -0.2) is 298 Å². The average molecular weight is 1930 g/mol. The van der Waals surface area contributed by atoms with Gasteiger partial charge in [0.05, 0.1) is 95.1 Å². The lowest BCUT2D eigenvalue weighted by molar-refractivity contribution is -0.265. The molecule has 2 bridgehead atoms. The van der Waals surface area contributed by atoms with Crippen LogP contribution in [0.25, 0.3) is 33.3 Å². The molecule has 0 radical (unpaired) electrons. The number of H-pyrrole nitrogens is 1. The third-order valence-electron chi connectivity index (χ3n) is 27.3. The van der Waals surface area contributed by atoms with Crippen LogP contribution in [0.15, 0.2) is 115 Å². The summed E-state index contributed by atoms with van der Waals surface area (Å²) in [6, 6.07) is 9.21. The molecule has 5 aliphatic heterocycles. The van der Waals surface area contributed by atoms with E-state index in [1.54, 1.807) is 66.6 Å². The minimum atomic E-state index is -2.47. The molecule has 13 rings (SSSR count). The number of aliphatic hydroxyl groups is 2. The number of methoxy groups -OCH3 is 3. The number of aliphatic hydroxyl groups excluding tert-OH is 1. The van der Waals surface area contributed by atoms with Gasteiger partial charge in [-0.15, -0.1) is 0 Å². The molecule has 11 heterocycles. The normalized spacial score (nSPS) is 26.2. The summed E-state index contributed by atoms with van der Waals surface area (Å²) in [5.74, 6) is -7.53. The lowest BCUT2D eigenvalue weighted by Crippen LogP contribution is -2.61. The first kappa shape index (κ1) is 107. The molecule has 7 aromatic rings. The second-order valence-corrected chi connectivity index (χ2v) is 37.5. The number of hydrogen-bond acceptors (Lipinski definition) is 33. The largest absolute Gasteiger partial charge is 0.460 e. The number of aromatic amines is 1. The van der Waals surface area contributed by atoms with Gasteiger partial charge in [0.15, 0.2) is 17.2 Å². The molecule has 2 amide bonds. The van der Waals surface area contributed by atoms with Gasteiger partial charge in [-0.1, -0.05) is 89.3 Å². The number of fused-ring (bicyclic) bond motifs is 6. The van der Waals surface area contributed by atoms with E-state index in [0.29, 0.717) is 209 Å². The fourth-order valence-electron chi connectivity index (χ4n) is 19.0. The van der Waals surface area contributed by atoms with Crippen molar-refractivity contribution in [1.82, 2.24) is 64.8 Å². The number of Topliss-reactive ketones (excluding diaryl/α,β-unsaturated/α-hetero) is 4. The molecule has 3 saturated heterocycles. The number of likely N-dealkylation sites (N-methyl/N-ethyl adjacent to an activating group) is 1. The van der Waals surface area contributed by atoms with E-state index in [-0.39, 0.29) is 78.7 Å². The summed E-state index contributed by atoms with van der Waals surface area (Å²) in [5.41, 5.74) is 21.1. The zero-order chi connectivity index (χ0) is 99.4. The van der Waals surface area contributed by atoms with E-state index < -0.39 is 102 Å². The first-order valence-corrected chi connectivity index (χ1v) is 48.8. The third kappa shape index (κ3) is 28.9. The lowest BCUT2D eigenvalue weighted by Gasteiger charge is -2.42. The van der Waals surface area contributed by atoms with Gasteiger partial charge in [-0.2, -0.15) is 10.1 Å². The molecule has 0 unspecified atom stereocenters. The number of cyclic esters (lactones) is 1. The van der Waals surface area contributed by atoms with Crippen molar-refractivity contribution in [2.75, 3.05) is 148 Å². The van der Waals surface area contributed by atoms with Crippen LogP contribution in [0.1, 0.15) is 178 Å². The van der Waals surface area contributed by atoms with E-state index in [0.717, 1.165) is 51.8 Å². The van der Waals surface area contributed by atoms with Gasteiger partial charge in [-0.25, -0.2) is 39.4 Å². The number of benzene rings is 1. The van der Waals surface area contributed by atoms with Crippen LogP contribution in [0.5, 0.6) is 0 Å². The maximum absolute atomic E-state index is 14.7. The number of rotatable bonds is 31. The molecule has 37 heteroatoms. The van der Waals surface area contributed by atoms with Crippen LogP contribution in [0.3, 0.4) is 0 Å². The number of nitrogens with one attached hydrogen (secondary N) is 2. The number of ether oxygens (including phenoxy) is 10. The molecule has 6 aromatic heterocycles.